The Bertz CT molecular complexity index is 723. The van der Waals surface area contributed by atoms with Crippen molar-refractivity contribution in [3.05, 3.63) is 59.7 Å². The summed E-state index contributed by atoms with van der Waals surface area (Å²) in [6.45, 7) is 3.24. The molecular formula is C21H24O5. The Morgan fingerprint density at radius 2 is 1.81 bits per heavy atom. The van der Waals surface area contributed by atoms with Crippen LogP contribution in [0, 0.1) is 12.3 Å². The minimum absolute atomic E-state index is 0.0205. The van der Waals surface area contributed by atoms with Crippen LogP contribution in [0.15, 0.2) is 48.5 Å². The number of benzene rings is 2. The Morgan fingerprint density at radius 3 is 2.46 bits per heavy atom. The maximum Gasteiger partial charge on any atom is 0.180 e. The average Bonchev–Trinajstić information content (AvgIpc) is 2.68. The van der Waals surface area contributed by atoms with E-state index in [4.69, 9.17) is 25.7 Å². The molecule has 2 aromatic rings. The number of aliphatic hydroxyl groups excluding tert-OH is 1. The van der Waals surface area contributed by atoms with E-state index >= 15 is 0 Å². The van der Waals surface area contributed by atoms with E-state index in [-0.39, 0.29) is 13.2 Å². The molecule has 2 N–H and O–H groups in total. The largest absolute Gasteiger partial charge is 0.493 e. The van der Waals surface area contributed by atoms with Crippen molar-refractivity contribution >= 4 is 0 Å². The van der Waals surface area contributed by atoms with Gasteiger partial charge in [-0.15, -0.1) is 6.42 Å². The zero-order valence-corrected chi connectivity index (χ0v) is 14.9. The molecule has 0 aliphatic rings. The molecule has 0 fully saturated rings. The smallest absolute Gasteiger partial charge is 0.180 e. The fourth-order valence-corrected chi connectivity index (χ4v) is 2.55. The first-order chi connectivity index (χ1) is 12.7. The van der Waals surface area contributed by atoms with Crippen molar-refractivity contribution in [1.82, 2.24) is 0 Å². The molecule has 0 spiro atoms. The van der Waals surface area contributed by atoms with Crippen LogP contribution in [0.2, 0.25) is 0 Å². The fourth-order valence-electron chi connectivity index (χ4n) is 2.55. The molecule has 2 aromatic carbocycles. The number of hydrogen-bond acceptors (Lipinski definition) is 5. The van der Waals surface area contributed by atoms with Crippen molar-refractivity contribution in [2.24, 2.45) is 0 Å². The molecule has 0 aliphatic carbocycles. The molecule has 0 bridgehead atoms. The van der Waals surface area contributed by atoms with Crippen LogP contribution in [-0.4, -0.2) is 43.2 Å². The Kier molecular flexibility index (Phi) is 7.49. The van der Waals surface area contributed by atoms with Gasteiger partial charge >= 0.3 is 0 Å². The quantitative estimate of drug-likeness (QED) is 0.505. The number of ether oxygens (including phenoxy) is 3. The first kappa shape index (κ1) is 19.8. The lowest BCUT2D eigenvalue weighted by Gasteiger charge is -2.26. The third kappa shape index (κ3) is 4.77. The maximum atomic E-state index is 11.1. The number of terminal acetylenes is 1. The van der Waals surface area contributed by atoms with E-state index in [1.165, 1.54) is 0 Å². The summed E-state index contributed by atoms with van der Waals surface area (Å²) >= 11 is 0. The second kappa shape index (κ2) is 9.83. The molecule has 2 rings (SSSR count). The molecule has 138 valence electrons. The van der Waals surface area contributed by atoms with Crippen LogP contribution in [0.5, 0.6) is 11.5 Å². The summed E-state index contributed by atoms with van der Waals surface area (Å²) in [4.78, 5) is 0. The summed E-state index contributed by atoms with van der Waals surface area (Å²) < 4.78 is 16.5. The van der Waals surface area contributed by atoms with Crippen LogP contribution in [0.3, 0.4) is 0 Å². The number of hydrogen-bond donors (Lipinski definition) is 2. The van der Waals surface area contributed by atoms with E-state index < -0.39 is 5.60 Å². The Hall–Kier alpha value is -2.52. The minimum Gasteiger partial charge on any atom is -0.493 e. The van der Waals surface area contributed by atoms with E-state index in [2.05, 4.69) is 5.92 Å². The normalized spacial score (nSPS) is 12.8. The van der Waals surface area contributed by atoms with E-state index in [1.807, 2.05) is 25.1 Å². The van der Waals surface area contributed by atoms with E-state index in [9.17, 15) is 5.11 Å². The number of rotatable bonds is 10. The highest BCUT2D eigenvalue weighted by Gasteiger charge is 2.32. The highest BCUT2D eigenvalue weighted by molar-refractivity contribution is 5.52. The third-order valence-electron chi connectivity index (χ3n) is 3.78. The first-order valence-electron chi connectivity index (χ1n) is 8.50. The Balaban J connectivity index is 2.26. The van der Waals surface area contributed by atoms with Gasteiger partial charge < -0.3 is 24.4 Å². The molecule has 5 heteroatoms. The predicted octanol–water partition coefficient (Wildman–Crippen LogP) is 2.34. The lowest BCUT2D eigenvalue weighted by Crippen LogP contribution is -2.26. The van der Waals surface area contributed by atoms with Gasteiger partial charge in [-0.2, -0.15) is 0 Å². The molecule has 0 amide bonds. The van der Waals surface area contributed by atoms with Gasteiger partial charge in [0, 0.05) is 17.2 Å². The maximum absolute atomic E-state index is 11.1. The van der Waals surface area contributed by atoms with Gasteiger partial charge in [-0.05, 0) is 19.1 Å². The van der Waals surface area contributed by atoms with Gasteiger partial charge in [0.25, 0.3) is 0 Å². The Morgan fingerprint density at radius 1 is 1.04 bits per heavy atom. The van der Waals surface area contributed by atoms with Gasteiger partial charge in [0.15, 0.2) is 5.60 Å². The van der Waals surface area contributed by atoms with E-state index in [0.717, 1.165) is 0 Å². The third-order valence-corrected chi connectivity index (χ3v) is 3.78. The molecule has 0 aromatic heterocycles. The summed E-state index contributed by atoms with van der Waals surface area (Å²) in [6, 6.07) is 14.2. The molecule has 1 unspecified atom stereocenters. The van der Waals surface area contributed by atoms with Crippen molar-refractivity contribution in [1.29, 1.82) is 0 Å². The van der Waals surface area contributed by atoms with E-state index in [0.29, 0.717) is 42.4 Å². The van der Waals surface area contributed by atoms with Crippen molar-refractivity contribution < 1.29 is 24.4 Å². The van der Waals surface area contributed by atoms with Gasteiger partial charge in [-0.25, -0.2) is 0 Å². The average molecular weight is 356 g/mol. The second-order valence-electron chi connectivity index (χ2n) is 5.50. The van der Waals surface area contributed by atoms with Gasteiger partial charge in [0.1, 0.15) is 18.1 Å². The zero-order chi connectivity index (χ0) is 18.8. The van der Waals surface area contributed by atoms with Gasteiger partial charge in [-0.1, -0.05) is 36.3 Å². The molecule has 0 saturated heterocycles. The zero-order valence-electron chi connectivity index (χ0n) is 14.9. The molecule has 0 aliphatic heterocycles. The molecule has 0 radical (unpaired) electrons. The second-order valence-corrected chi connectivity index (χ2v) is 5.50. The van der Waals surface area contributed by atoms with Crippen LogP contribution in [0.4, 0.5) is 0 Å². The van der Waals surface area contributed by atoms with Crippen molar-refractivity contribution in [2.45, 2.75) is 12.5 Å². The SMILES string of the molecule is C#CC(O)(c1ccccc1)c1ccc(OCCOCCO)cc1OCC. The summed E-state index contributed by atoms with van der Waals surface area (Å²) in [5.74, 6) is 3.53. The van der Waals surface area contributed by atoms with E-state index in [1.54, 1.807) is 30.3 Å². The monoisotopic (exact) mass is 356 g/mol. The molecule has 26 heavy (non-hydrogen) atoms. The lowest BCUT2D eigenvalue weighted by atomic mass is 9.86. The molecule has 1 atom stereocenters. The standard InChI is InChI=1S/C21H24O5/c1-3-21(23,17-8-6-5-7-9-17)19-11-10-18(16-20(19)25-4-2)26-15-14-24-13-12-22/h1,5-11,16,22-23H,4,12-15H2,2H3. The van der Waals surface area contributed by atoms with Crippen molar-refractivity contribution in [3.8, 4) is 23.8 Å². The molecule has 5 nitrogen and oxygen atoms in total. The summed E-state index contributed by atoms with van der Waals surface area (Å²) in [5.41, 5.74) is -0.527. The predicted molar refractivity (Wildman–Crippen MR) is 99.3 cm³/mol. The molecule has 0 heterocycles. The van der Waals surface area contributed by atoms with Crippen molar-refractivity contribution in [2.75, 3.05) is 33.0 Å². The Labute approximate surface area is 154 Å². The lowest BCUT2D eigenvalue weighted by molar-refractivity contribution is 0.0704. The van der Waals surface area contributed by atoms with Crippen LogP contribution in [0.1, 0.15) is 18.1 Å². The van der Waals surface area contributed by atoms with Gasteiger partial charge in [0.2, 0.25) is 0 Å². The number of aliphatic hydroxyl groups is 2. The highest BCUT2D eigenvalue weighted by atomic mass is 16.5. The van der Waals surface area contributed by atoms with Crippen LogP contribution < -0.4 is 9.47 Å². The summed E-state index contributed by atoms with van der Waals surface area (Å²) in [5, 5.41) is 19.8. The highest BCUT2D eigenvalue weighted by Crippen LogP contribution is 2.37. The topological polar surface area (TPSA) is 68.2 Å². The van der Waals surface area contributed by atoms with Crippen molar-refractivity contribution in [3.63, 3.8) is 0 Å². The van der Waals surface area contributed by atoms with Gasteiger partial charge in [0.05, 0.1) is 26.4 Å². The van der Waals surface area contributed by atoms with Crippen LogP contribution in [0.25, 0.3) is 0 Å². The fraction of sp³-hybridized carbons (Fsp3) is 0.333. The molecular weight excluding hydrogens is 332 g/mol. The minimum atomic E-state index is -1.60. The molecule has 0 saturated carbocycles. The van der Waals surface area contributed by atoms with Crippen LogP contribution >= 0.6 is 0 Å². The summed E-state index contributed by atoms with van der Waals surface area (Å²) in [6.07, 6.45) is 5.68. The first-order valence-corrected chi connectivity index (χ1v) is 8.50. The van der Waals surface area contributed by atoms with Crippen LogP contribution in [-0.2, 0) is 10.3 Å². The van der Waals surface area contributed by atoms with Gasteiger partial charge in [-0.3, -0.25) is 0 Å². The summed E-state index contributed by atoms with van der Waals surface area (Å²) in [7, 11) is 0.